The highest BCUT2D eigenvalue weighted by molar-refractivity contribution is 7.26. The molecule has 85 heavy (non-hydrogen) atoms. The predicted molar refractivity (Wildman–Crippen MR) is 362 cm³/mol. The van der Waals surface area contributed by atoms with Crippen LogP contribution in [0.2, 0.25) is 0 Å². The van der Waals surface area contributed by atoms with E-state index in [2.05, 4.69) is 330 Å². The molecule has 0 N–H and O–H groups in total. The smallest absolute Gasteiger partial charge is 0.145 e. The maximum absolute atomic E-state index is 7.61. The van der Waals surface area contributed by atoms with Crippen molar-refractivity contribution in [1.29, 1.82) is 0 Å². The van der Waals surface area contributed by atoms with Crippen LogP contribution in [-0.4, -0.2) is 0 Å². The van der Waals surface area contributed by atoms with Gasteiger partial charge in [0.25, 0.3) is 0 Å². The number of nitrogens with zero attached hydrogens (tertiary/aromatic N) is 2. The molecule has 15 rings (SSSR count). The monoisotopic (exact) mass is 1110 g/mol. The second-order valence-corrected chi connectivity index (χ2v) is 25.9. The van der Waals surface area contributed by atoms with E-state index >= 15 is 0 Å². The van der Waals surface area contributed by atoms with Crippen LogP contribution in [0.15, 0.2) is 283 Å². The number of fused-ring (bicyclic) bond motifs is 11. The van der Waals surface area contributed by atoms with Gasteiger partial charge in [-0.2, -0.15) is 0 Å². The van der Waals surface area contributed by atoms with Gasteiger partial charge in [0.05, 0.1) is 22.2 Å². The number of furan rings is 1. The first-order valence-corrected chi connectivity index (χ1v) is 30.5. The van der Waals surface area contributed by atoms with Crippen molar-refractivity contribution in [1.82, 2.24) is 0 Å². The van der Waals surface area contributed by atoms with E-state index in [9.17, 15) is 0 Å². The molecule has 0 unspecified atom stereocenters. The van der Waals surface area contributed by atoms with Gasteiger partial charge in [-0.05, 0) is 139 Å². The van der Waals surface area contributed by atoms with E-state index in [0.29, 0.717) is 0 Å². The molecule has 0 aliphatic heterocycles. The molecule has 2 heterocycles. The van der Waals surface area contributed by atoms with E-state index < -0.39 is 5.41 Å². The van der Waals surface area contributed by atoms with Crippen LogP contribution in [0.1, 0.15) is 74.9 Å². The zero-order valence-electron chi connectivity index (χ0n) is 48.8. The Labute approximate surface area is 502 Å². The summed E-state index contributed by atoms with van der Waals surface area (Å²) in [7, 11) is 0. The van der Waals surface area contributed by atoms with E-state index in [1.54, 1.807) is 0 Å². The topological polar surface area (TPSA) is 19.6 Å². The van der Waals surface area contributed by atoms with Crippen molar-refractivity contribution in [2.24, 2.45) is 0 Å². The average Bonchev–Trinajstić information content (AvgIpc) is 1.52. The highest BCUT2D eigenvalue weighted by Gasteiger charge is 2.50. The van der Waals surface area contributed by atoms with Gasteiger partial charge in [-0.15, -0.1) is 11.3 Å². The maximum atomic E-state index is 7.61. The van der Waals surface area contributed by atoms with Gasteiger partial charge < -0.3 is 14.2 Å². The Balaban J connectivity index is 1.09. The summed E-state index contributed by atoms with van der Waals surface area (Å²) in [6.45, 7) is 13.7. The first kappa shape index (κ1) is 52.1. The molecule has 0 atom stereocenters. The van der Waals surface area contributed by atoms with Crippen LogP contribution < -0.4 is 9.80 Å². The summed E-state index contributed by atoms with van der Waals surface area (Å²) >= 11 is 1.89. The fourth-order valence-electron chi connectivity index (χ4n) is 13.5. The fraction of sp³-hybridized carbons (Fsp3) is 0.111. The van der Waals surface area contributed by atoms with Crippen LogP contribution in [0.4, 0.5) is 34.1 Å². The van der Waals surface area contributed by atoms with E-state index in [1.807, 2.05) is 11.3 Å². The molecule has 3 nitrogen and oxygen atoms in total. The van der Waals surface area contributed by atoms with E-state index in [-0.39, 0.29) is 10.8 Å². The third kappa shape index (κ3) is 8.61. The number of para-hydroxylation sites is 1. The third-order valence-electron chi connectivity index (χ3n) is 17.7. The molecule has 4 heteroatoms. The Kier molecular flexibility index (Phi) is 12.4. The maximum Gasteiger partial charge on any atom is 0.145 e. The number of hydrogen-bond donors (Lipinski definition) is 0. The SMILES string of the molecule is CC(C)(C)c1ccc(N(c2ccc(-c3ccccc3)cc2)c2cc3c(c4oc5ccccc5c24)-c2c(cc(N(c4ccc(-c5ccccc5)cc4)c4ccc(C(C)(C)C)cc4)c4c2sc2ccccc24)C3(c2ccccc2)c2ccccc2)cc1. The number of hydrogen-bond acceptors (Lipinski definition) is 4. The van der Waals surface area contributed by atoms with Gasteiger partial charge in [0, 0.05) is 59.4 Å². The Bertz CT molecular complexity index is 4470. The van der Waals surface area contributed by atoms with E-state index in [1.165, 1.54) is 75.8 Å². The van der Waals surface area contributed by atoms with E-state index in [4.69, 9.17) is 4.42 Å². The first-order chi connectivity index (χ1) is 41.4. The van der Waals surface area contributed by atoms with Crippen molar-refractivity contribution in [3.8, 4) is 33.4 Å². The van der Waals surface area contributed by atoms with Crippen LogP contribution in [0.5, 0.6) is 0 Å². The molecule has 0 amide bonds. The summed E-state index contributed by atoms with van der Waals surface area (Å²) in [5.74, 6) is 0. The molecule has 0 saturated carbocycles. The number of thiophene rings is 1. The lowest BCUT2D eigenvalue weighted by Crippen LogP contribution is -2.29. The quantitative estimate of drug-likeness (QED) is 0.136. The Morgan fingerprint density at radius 2 is 0.729 bits per heavy atom. The lowest BCUT2D eigenvalue weighted by atomic mass is 9.67. The van der Waals surface area contributed by atoms with Crippen molar-refractivity contribution in [3.63, 3.8) is 0 Å². The molecule has 0 bridgehead atoms. The standard InChI is InChI=1S/C81H64N2OS/c1-79(2,3)57-39-47-63(48-40-57)82(61-43-35-55(36-44-61)53-23-11-7-12-24-53)69-51-67-75(77-73(69)65-31-19-21-33-71(65)84-77)76-68(81(67,59-27-15-9-16-28-59)60-29-17-10-18-30-60)52-70(74-66-32-20-22-34-72(66)85-78(74)76)83(64-49-41-58(42-50-64)80(4,5)6)62-45-37-56(38-46-62)54-25-13-8-14-26-54/h7-52H,1-6H3. The molecule has 0 fully saturated rings. The lowest BCUT2D eigenvalue weighted by molar-refractivity contribution is 0.590. The van der Waals surface area contributed by atoms with Crippen LogP contribution >= 0.6 is 11.3 Å². The molecule has 14 aromatic rings. The Hall–Kier alpha value is -9.74. The average molecular weight is 1110 g/mol. The van der Waals surface area contributed by atoms with E-state index in [0.717, 1.165) is 67.2 Å². The summed E-state index contributed by atoms with van der Waals surface area (Å²) in [5.41, 5.74) is 21.6. The molecule has 0 radical (unpaired) electrons. The minimum Gasteiger partial charge on any atom is -0.455 e. The van der Waals surface area contributed by atoms with Crippen molar-refractivity contribution in [2.75, 3.05) is 9.80 Å². The van der Waals surface area contributed by atoms with Gasteiger partial charge in [-0.25, -0.2) is 0 Å². The molecular formula is C81H64N2OS. The largest absolute Gasteiger partial charge is 0.455 e. The minimum atomic E-state index is -0.855. The van der Waals surface area contributed by atoms with Gasteiger partial charge in [0.2, 0.25) is 0 Å². The molecule has 1 aliphatic rings. The molecule has 0 spiro atoms. The Morgan fingerprint density at radius 3 is 1.20 bits per heavy atom. The van der Waals surface area contributed by atoms with Crippen LogP contribution in [0.25, 0.3) is 75.5 Å². The number of anilines is 6. The predicted octanol–water partition coefficient (Wildman–Crippen LogP) is 23.2. The van der Waals surface area contributed by atoms with Crippen LogP contribution in [0.3, 0.4) is 0 Å². The lowest BCUT2D eigenvalue weighted by Gasteiger charge is -2.36. The van der Waals surface area contributed by atoms with Crippen LogP contribution in [-0.2, 0) is 16.2 Å². The third-order valence-corrected chi connectivity index (χ3v) is 18.8. The molecule has 12 aromatic carbocycles. The molecular weight excluding hydrogens is 1050 g/mol. The zero-order valence-corrected chi connectivity index (χ0v) is 49.6. The summed E-state index contributed by atoms with van der Waals surface area (Å²) in [6.07, 6.45) is 0. The molecule has 2 aromatic heterocycles. The van der Waals surface area contributed by atoms with Crippen molar-refractivity contribution >= 4 is 87.6 Å². The highest BCUT2D eigenvalue weighted by atomic mass is 32.1. The molecule has 1 aliphatic carbocycles. The second kappa shape index (κ2) is 20.3. The Morgan fingerprint density at radius 1 is 0.353 bits per heavy atom. The van der Waals surface area contributed by atoms with Gasteiger partial charge in [-0.3, -0.25) is 0 Å². The normalized spacial score (nSPS) is 12.9. The summed E-state index contributed by atoms with van der Waals surface area (Å²) in [5, 5.41) is 4.57. The van der Waals surface area contributed by atoms with Gasteiger partial charge >= 0.3 is 0 Å². The zero-order chi connectivity index (χ0) is 57.6. The summed E-state index contributed by atoms with van der Waals surface area (Å²) in [4.78, 5) is 5.01. The molecule has 0 saturated heterocycles. The van der Waals surface area contributed by atoms with Crippen molar-refractivity contribution in [3.05, 3.63) is 312 Å². The molecule has 410 valence electrons. The number of rotatable bonds is 10. The summed E-state index contributed by atoms with van der Waals surface area (Å²) in [6, 6.07) is 104. The highest BCUT2D eigenvalue weighted by Crippen LogP contribution is 2.65. The fourth-order valence-corrected chi connectivity index (χ4v) is 14.7. The first-order valence-electron chi connectivity index (χ1n) is 29.6. The van der Waals surface area contributed by atoms with Crippen molar-refractivity contribution in [2.45, 2.75) is 57.8 Å². The van der Waals surface area contributed by atoms with Gasteiger partial charge in [0.1, 0.15) is 11.2 Å². The summed E-state index contributed by atoms with van der Waals surface area (Å²) < 4.78 is 10.1. The minimum absolute atomic E-state index is 0.0280. The van der Waals surface area contributed by atoms with Crippen LogP contribution in [0, 0.1) is 0 Å². The van der Waals surface area contributed by atoms with Gasteiger partial charge in [0.15, 0.2) is 0 Å². The second-order valence-electron chi connectivity index (χ2n) is 24.8. The van der Waals surface area contributed by atoms with Crippen molar-refractivity contribution < 1.29 is 4.42 Å². The number of benzene rings is 12. The van der Waals surface area contributed by atoms with Gasteiger partial charge in [-0.1, -0.05) is 248 Å².